The summed E-state index contributed by atoms with van der Waals surface area (Å²) in [5.41, 5.74) is 6.93. The minimum atomic E-state index is -0.117. The minimum Gasteiger partial charge on any atom is -0.389 e. The van der Waals surface area contributed by atoms with Crippen LogP contribution in [0.2, 0.25) is 0 Å². The number of benzene rings is 1. The number of carbonyl (C=O) groups is 1. The molecule has 1 aromatic rings. The number of anilines is 1. The second kappa shape index (κ2) is 4.52. The van der Waals surface area contributed by atoms with Gasteiger partial charge in [-0.2, -0.15) is 0 Å². The van der Waals surface area contributed by atoms with Gasteiger partial charge in [-0.25, -0.2) is 0 Å². The van der Waals surface area contributed by atoms with E-state index in [0.717, 1.165) is 10.0 Å². The molecule has 0 aliphatic carbocycles. The first kappa shape index (κ1) is 11.1. The first-order valence-electron chi connectivity index (χ1n) is 3.87. The van der Waals surface area contributed by atoms with Crippen LogP contribution in [-0.4, -0.2) is 10.9 Å². The van der Waals surface area contributed by atoms with E-state index in [9.17, 15) is 4.79 Å². The summed E-state index contributed by atoms with van der Waals surface area (Å²) in [5, 5.41) is 2.67. The molecule has 5 heteroatoms. The minimum absolute atomic E-state index is 0.117. The number of carbonyl (C=O) groups excluding carboxylic acids is 1. The zero-order chi connectivity index (χ0) is 10.7. The second-order valence-electron chi connectivity index (χ2n) is 2.74. The summed E-state index contributed by atoms with van der Waals surface area (Å²) >= 11 is 8.14. The summed E-state index contributed by atoms with van der Waals surface area (Å²) in [7, 11) is 0. The molecule has 3 N–H and O–H groups in total. The lowest BCUT2D eigenvalue weighted by atomic mass is 10.2. The Balaban J connectivity index is 3.01. The SMILES string of the molecule is CC(=O)Nc1ccc(C(N)=S)cc1Br. The van der Waals surface area contributed by atoms with Crippen molar-refractivity contribution in [3.8, 4) is 0 Å². The molecule has 3 nitrogen and oxygen atoms in total. The number of nitrogens with one attached hydrogen (secondary N) is 1. The zero-order valence-electron chi connectivity index (χ0n) is 7.50. The molecule has 0 saturated carbocycles. The van der Waals surface area contributed by atoms with E-state index < -0.39 is 0 Å². The predicted octanol–water partition coefficient (Wildman–Crippen LogP) is 2.04. The van der Waals surface area contributed by atoms with E-state index >= 15 is 0 Å². The maximum Gasteiger partial charge on any atom is 0.221 e. The van der Waals surface area contributed by atoms with Crippen LogP contribution in [0.5, 0.6) is 0 Å². The molecule has 0 atom stereocenters. The van der Waals surface area contributed by atoms with Crippen LogP contribution in [0.4, 0.5) is 5.69 Å². The van der Waals surface area contributed by atoms with Crippen LogP contribution in [0.1, 0.15) is 12.5 Å². The smallest absolute Gasteiger partial charge is 0.221 e. The number of amides is 1. The molecule has 1 rings (SSSR count). The quantitative estimate of drug-likeness (QED) is 0.811. The lowest BCUT2D eigenvalue weighted by Crippen LogP contribution is -2.10. The highest BCUT2D eigenvalue weighted by Crippen LogP contribution is 2.23. The van der Waals surface area contributed by atoms with Crippen LogP contribution in [0.3, 0.4) is 0 Å². The molecule has 0 fully saturated rings. The van der Waals surface area contributed by atoms with Crippen molar-refractivity contribution in [3.63, 3.8) is 0 Å². The van der Waals surface area contributed by atoms with Gasteiger partial charge >= 0.3 is 0 Å². The van der Waals surface area contributed by atoms with Crippen molar-refractivity contribution in [1.82, 2.24) is 0 Å². The van der Waals surface area contributed by atoms with E-state index in [4.69, 9.17) is 18.0 Å². The van der Waals surface area contributed by atoms with Crippen LogP contribution >= 0.6 is 28.1 Å². The fourth-order valence-corrected chi connectivity index (χ4v) is 1.56. The number of nitrogens with two attached hydrogens (primary N) is 1. The Hall–Kier alpha value is -0.940. The normalized spacial score (nSPS) is 9.57. The van der Waals surface area contributed by atoms with E-state index in [0.29, 0.717) is 10.7 Å². The average Bonchev–Trinajstić information content (AvgIpc) is 2.07. The van der Waals surface area contributed by atoms with Crippen molar-refractivity contribution in [3.05, 3.63) is 28.2 Å². The summed E-state index contributed by atoms with van der Waals surface area (Å²) in [6.45, 7) is 1.45. The lowest BCUT2D eigenvalue weighted by Gasteiger charge is -2.06. The van der Waals surface area contributed by atoms with Gasteiger partial charge in [0.15, 0.2) is 0 Å². The molecule has 14 heavy (non-hydrogen) atoms. The van der Waals surface area contributed by atoms with E-state index in [1.807, 2.05) is 0 Å². The van der Waals surface area contributed by atoms with Crippen molar-refractivity contribution in [1.29, 1.82) is 0 Å². The molecule has 0 saturated heterocycles. The van der Waals surface area contributed by atoms with E-state index in [1.54, 1.807) is 18.2 Å². The molecule has 0 spiro atoms. The maximum atomic E-state index is 10.8. The first-order valence-corrected chi connectivity index (χ1v) is 5.08. The largest absolute Gasteiger partial charge is 0.389 e. The van der Waals surface area contributed by atoms with E-state index in [-0.39, 0.29) is 5.91 Å². The third-order valence-corrected chi connectivity index (χ3v) is 2.46. The second-order valence-corrected chi connectivity index (χ2v) is 4.03. The topological polar surface area (TPSA) is 55.1 Å². The van der Waals surface area contributed by atoms with Crippen LogP contribution in [-0.2, 0) is 4.79 Å². The fraction of sp³-hybridized carbons (Fsp3) is 0.111. The van der Waals surface area contributed by atoms with E-state index in [1.165, 1.54) is 6.92 Å². The molecule has 0 radical (unpaired) electrons. The molecule has 0 aliphatic heterocycles. The van der Waals surface area contributed by atoms with Crippen LogP contribution in [0.25, 0.3) is 0 Å². The van der Waals surface area contributed by atoms with Crippen LogP contribution in [0.15, 0.2) is 22.7 Å². The average molecular weight is 273 g/mol. The first-order chi connectivity index (χ1) is 6.50. The Labute approximate surface area is 95.8 Å². The Morgan fingerprint density at radius 3 is 2.64 bits per heavy atom. The Morgan fingerprint density at radius 2 is 2.21 bits per heavy atom. The third-order valence-electron chi connectivity index (χ3n) is 1.56. The van der Waals surface area contributed by atoms with Crippen LogP contribution in [0, 0.1) is 0 Å². The maximum absolute atomic E-state index is 10.8. The molecular formula is C9H9BrN2OS. The Kier molecular flexibility index (Phi) is 3.60. The highest BCUT2D eigenvalue weighted by Gasteiger charge is 2.03. The summed E-state index contributed by atoms with van der Waals surface area (Å²) in [4.78, 5) is 11.1. The number of thiocarbonyl (C=S) groups is 1. The molecular weight excluding hydrogens is 264 g/mol. The predicted molar refractivity (Wildman–Crippen MR) is 64.3 cm³/mol. The van der Waals surface area contributed by atoms with Crippen molar-refractivity contribution in [2.75, 3.05) is 5.32 Å². The summed E-state index contributed by atoms with van der Waals surface area (Å²) < 4.78 is 0.762. The molecule has 0 bridgehead atoms. The number of halogens is 1. The number of hydrogen-bond donors (Lipinski definition) is 2. The van der Waals surface area contributed by atoms with Gasteiger partial charge in [-0.3, -0.25) is 4.79 Å². The highest BCUT2D eigenvalue weighted by molar-refractivity contribution is 9.10. The van der Waals surface area contributed by atoms with Crippen molar-refractivity contribution >= 4 is 44.7 Å². The van der Waals surface area contributed by atoms with Crippen molar-refractivity contribution < 1.29 is 4.79 Å². The Bertz CT molecular complexity index is 392. The van der Waals surface area contributed by atoms with Gasteiger partial charge in [0.1, 0.15) is 4.99 Å². The van der Waals surface area contributed by atoms with Crippen LogP contribution < -0.4 is 11.1 Å². The van der Waals surface area contributed by atoms with Gasteiger partial charge in [-0.05, 0) is 34.1 Å². The molecule has 0 aliphatic rings. The van der Waals surface area contributed by atoms with Gasteiger partial charge in [0.25, 0.3) is 0 Å². The van der Waals surface area contributed by atoms with Gasteiger partial charge < -0.3 is 11.1 Å². The monoisotopic (exact) mass is 272 g/mol. The van der Waals surface area contributed by atoms with Gasteiger partial charge in [0.05, 0.1) is 5.69 Å². The highest BCUT2D eigenvalue weighted by atomic mass is 79.9. The molecule has 1 aromatic carbocycles. The van der Waals surface area contributed by atoms with Gasteiger partial charge in [-0.15, -0.1) is 0 Å². The van der Waals surface area contributed by atoms with Crippen molar-refractivity contribution in [2.45, 2.75) is 6.92 Å². The summed E-state index contributed by atoms with van der Waals surface area (Å²) in [6.07, 6.45) is 0. The fourth-order valence-electron chi connectivity index (χ4n) is 0.959. The number of hydrogen-bond acceptors (Lipinski definition) is 2. The zero-order valence-corrected chi connectivity index (χ0v) is 9.91. The molecule has 0 heterocycles. The Morgan fingerprint density at radius 1 is 1.57 bits per heavy atom. The standard InChI is InChI=1S/C9H9BrN2OS/c1-5(13)12-8-3-2-6(9(11)14)4-7(8)10/h2-4H,1H3,(H2,11,14)(H,12,13). The summed E-state index contributed by atoms with van der Waals surface area (Å²) in [5.74, 6) is -0.117. The van der Waals surface area contributed by atoms with Gasteiger partial charge in [-0.1, -0.05) is 12.2 Å². The third kappa shape index (κ3) is 2.78. The molecule has 0 unspecified atom stereocenters. The lowest BCUT2D eigenvalue weighted by molar-refractivity contribution is -0.114. The molecule has 1 amide bonds. The molecule has 74 valence electrons. The van der Waals surface area contributed by atoms with Crippen molar-refractivity contribution in [2.24, 2.45) is 5.73 Å². The summed E-state index contributed by atoms with van der Waals surface area (Å²) in [6, 6.07) is 5.28. The van der Waals surface area contributed by atoms with Gasteiger partial charge in [0.2, 0.25) is 5.91 Å². The van der Waals surface area contributed by atoms with E-state index in [2.05, 4.69) is 21.2 Å². The van der Waals surface area contributed by atoms with Gasteiger partial charge in [0, 0.05) is 17.0 Å². The molecule has 0 aromatic heterocycles. The number of rotatable bonds is 2.